The van der Waals surface area contributed by atoms with Crippen LogP contribution in [-0.4, -0.2) is 13.1 Å². The average molecular weight is 272 g/mol. The zero-order chi connectivity index (χ0) is 14.2. The molecule has 0 radical (unpaired) electrons. The zero-order valence-corrected chi connectivity index (χ0v) is 14.0. The van der Waals surface area contributed by atoms with Gasteiger partial charge in [-0.2, -0.15) is 0 Å². The first-order chi connectivity index (χ1) is 9.27. The molecule has 0 heterocycles. The minimum absolute atomic E-state index is 0. The normalized spacial score (nSPS) is 11.4. The maximum atomic E-state index is 3.52. The van der Waals surface area contributed by atoms with E-state index in [4.69, 9.17) is 0 Å². The molecule has 1 N–H and O–H groups in total. The van der Waals surface area contributed by atoms with Crippen LogP contribution in [0.3, 0.4) is 0 Å². The molecule has 0 aromatic carbocycles. The molecule has 0 atom stereocenters. The molecule has 0 saturated carbocycles. The standard InChI is InChI=1S/C18H39N.H2/c1-4-5-6-7-8-9-10-11-12-13-14-15-16-19-17-18(2)3;/h18-19H,4-17H2,1-3H3;1H. The van der Waals surface area contributed by atoms with Gasteiger partial charge in [0.05, 0.1) is 0 Å². The summed E-state index contributed by atoms with van der Waals surface area (Å²) in [5, 5.41) is 3.52. The summed E-state index contributed by atoms with van der Waals surface area (Å²) in [7, 11) is 0. The molecule has 0 aromatic heterocycles. The van der Waals surface area contributed by atoms with Crippen LogP contribution in [0.5, 0.6) is 0 Å². The Hall–Kier alpha value is -0.0400. The number of hydrogen-bond acceptors (Lipinski definition) is 1. The highest BCUT2D eigenvalue weighted by molar-refractivity contribution is 4.53. The summed E-state index contributed by atoms with van der Waals surface area (Å²) < 4.78 is 0. The van der Waals surface area contributed by atoms with Crippen molar-refractivity contribution in [2.75, 3.05) is 13.1 Å². The van der Waals surface area contributed by atoms with E-state index in [1.54, 1.807) is 0 Å². The van der Waals surface area contributed by atoms with Gasteiger partial charge in [0.2, 0.25) is 0 Å². The lowest BCUT2D eigenvalue weighted by Crippen LogP contribution is -2.20. The summed E-state index contributed by atoms with van der Waals surface area (Å²) in [5.41, 5.74) is 0. The van der Waals surface area contributed by atoms with Crippen molar-refractivity contribution in [1.29, 1.82) is 0 Å². The van der Waals surface area contributed by atoms with E-state index in [-0.39, 0.29) is 1.43 Å². The summed E-state index contributed by atoms with van der Waals surface area (Å²) in [4.78, 5) is 0. The van der Waals surface area contributed by atoms with Gasteiger partial charge < -0.3 is 5.32 Å². The molecule has 118 valence electrons. The van der Waals surface area contributed by atoms with E-state index in [0.717, 1.165) is 5.92 Å². The molecule has 0 spiro atoms. The third-order valence-electron chi connectivity index (χ3n) is 3.76. The first-order valence-electron chi connectivity index (χ1n) is 8.98. The van der Waals surface area contributed by atoms with Crippen LogP contribution >= 0.6 is 0 Å². The van der Waals surface area contributed by atoms with Crippen molar-refractivity contribution in [1.82, 2.24) is 5.32 Å². The van der Waals surface area contributed by atoms with Crippen molar-refractivity contribution in [2.45, 2.75) is 97.8 Å². The first kappa shape index (κ1) is 19.0. The Morgan fingerprint density at radius 1 is 0.684 bits per heavy atom. The highest BCUT2D eigenvalue weighted by Gasteiger charge is 1.94. The Morgan fingerprint density at radius 3 is 1.53 bits per heavy atom. The van der Waals surface area contributed by atoms with Crippen molar-refractivity contribution in [3.8, 4) is 0 Å². The molecule has 0 aliphatic rings. The molecule has 0 aliphatic heterocycles. The molecule has 0 fully saturated rings. The van der Waals surface area contributed by atoms with Crippen LogP contribution in [0.15, 0.2) is 0 Å². The van der Waals surface area contributed by atoms with Crippen molar-refractivity contribution in [3.63, 3.8) is 0 Å². The van der Waals surface area contributed by atoms with E-state index in [0.29, 0.717) is 0 Å². The van der Waals surface area contributed by atoms with Crippen LogP contribution in [0.2, 0.25) is 0 Å². The lowest BCUT2D eigenvalue weighted by atomic mass is 10.1. The molecule has 1 nitrogen and oxygen atoms in total. The fourth-order valence-corrected chi connectivity index (χ4v) is 2.48. The van der Waals surface area contributed by atoms with Crippen LogP contribution in [-0.2, 0) is 0 Å². The van der Waals surface area contributed by atoms with Gasteiger partial charge >= 0.3 is 0 Å². The highest BCUT2D eigenvalue weighted by atomic mass is 14.8. The molecule has 0 amide bonds. The van der Waals surface area contributed by atoms with Crippen molar-refractivity contribution in [3.05, 3.63) is 0 Å². The summed E-state index contributed by atoms with van der Waals surface area (Å²) in [6, 6.07) is 0. The number of unbranched alkanes of at least 4 members (excludes halogenated alkanes) is 11. The lowest BCUT2D eigenvalue weighted by molar-refractivity contribution is 0.513. The van der Waals surface area contributed by atoms with Crippen molar-refractivity contribution < 1.29 is 1.43 Å². The molecule has 0 bridgehead atoms. The average Bonchev–Trinajstić information content (AvgIpc) is 2.39. The maximum Gasteiger partial charge on any atom is 0 e. The molecule has 0 rings (SSSR count). The minimum atomic E-state index is 0. The van der Waals surface area contributed by atoms with Crippen molar-refractivity contribution in [2.24, 2.45) is 5.92 Å². The number of nitrogens with one attached hydrogen (secondary N) is 1. The summed E-state index contributed by atoms with van der Waals surface area (Å²) in [5.74, 6) is 0.789. The third-order valence-corrected chi connectivity index (χ3v) is 3.76. The topological polar surface area (TPSA) is 12.0 Å². The molecule has 0 unspecified atom stereocenters. The molecule has 0 aliphatic carbocycles. The van der Waals surface area contributed by atoms with E-state index in [9.17, 15) is 0 Å². The van der Waals surface area contributed by atoms with Gasteiger partial charge in [-0.25, -0.2) is 0 Å². The van der Waals surface area contributed by atoms with Gasteiger partial charge in [0.15, 0.2) is 0 Å². The first-order valence-corrected chi connectivity index (χ1v) is 8.98. The molecule has 1 heteroatoms. The Bertz CT molecular complexity index is 159. The van der Waals surface area contributed by atoms with E-state index in [1.807, 2.05) is 0 Å². The Labute approximate surface area is 124 Å². The second kappa shape index (κ2) is 16.0. The minimum Gasteiger partial charge on any atom is -0.316 e. The summed E-state index contributed by atoms with van der Waals surface area (Å²) in [6.45, 7) is 9.23. The van der Waals surface area contributed by atoms with E-state index < -0.39 is 0 Å². The van der Waals surface area contributed by atoms with E-state index in [2.05, 4.69) is 26.1 Å². The molecule has 19 heavy (non-hydrogen) atoms. The smallest absolute Gasteiger partial charge is 0 e. The second-order valence-electron chi connectivity index (χ2n) is 6.49. The number of rotatable bonds is 15. The summed E-state index contributed by atoms with van der Waals surface area (Å²) >= 11 is 0. The Kier molecular flexibility index (Phi) is 16.0. The summed E-state index contributed by atoms with van der Waals surface area (Å²) in [6.07, 6.45) is 17.3. The Morgan fingerprint density at radius 2 is 1.11 bits per heavy atom. The monoisotopic (exact) mass is 271 g/mol. The van der Waals surface area contributed by atoms with Crippen LogP contribution in [0.1, 0.15) is 99.2 Å². The van der Waals surface area contributed by atoms with Crippen LogP contribution < -0.4 is 5.32 Å². The Balaban J connectivity index is 0. The third kappa shape index (κ3) is 18.0. The molecule has 0 aromatic rings. The SMILES string of the molecule is CCCCCCCCCCCCCCNCC(C)C.[HH]. The van der Waals surface area contributed by atoms with Gasteiger partial charge in [0, 0.05) is 1.43 Å². The predicted molar refractivity (Wildman–Crippen MR) is 90.9 cm³/mol. The van der Waals surface area contributed by atoms with Gasteiger partial charge in [0.25, 0.3) is 0 Å². The predicted octanol–water partition coefficient (Wildman–Crippen LogP) is 6.18. The largest absolute Gasteiger partial charge is 0.316 e. The fraction of sp³-hybridized carbons (Fsp3) is 1.00. The van der Waals surface area contributed by atoms with Crippen LogP contribution in [0, 0.1) is 5.92 Å². The van der Waals surface area contributed by atoms with Crippen molar-refractivity contribution >= 4 is 0 Å². The van der Waals surface area contributed by atoms with E-state index in [1.165, 1.54) is 90.1 Å². The second-order valence-corrected chi connectivity index (χ2v) is 6.49. The van der Waals surface area contributed by atoms with Crippen LogP contribution in [0.4, 0.5) is 0 Å². The van der Waals surface area contributed by atoms with Gasteiger partial charge in [-0.15, -0.1) is 0 Å². The van der Waals surface area contributed by atoms with Gasteiger partial charge in [0.1, 0.15) is 0 Å². The fourth-order valence-electron chi connectivity index (χ4n) is 2.48. The van der Waals surface area contributed by atoms with E-state index >= 15 is 0 Å². The highest BCUT2D eigenvalue weighted by Crippen LogP contribution is 2.11. The van der Waals surface area contributed by atoms with Gasteiger partial charge in [-0.05, 0) is 25.4 Å². The van der Waals surface area contributed by atoms with Crippen LogP contribution in [0.25, 0.3) is 0 Å². The molecule has 0 saturated heterocycles. The zero-order valence-electron chi connectivity index (χ0n) is 14.0. The quantitative estimate of drug-likeness (QED) is 0.351. The van der Waals surface area contributed by atoms with Gasteiger partial charge in [-0.1, -0.05) is 91.4 Å². The maximum absolute atomic E-state index is 3.52. The van der Waals surface area contributed by atoms with Gasteiger partial charge in [-0.3, -0.25) is 0 Å². The lowest BCUT2D eigenvalue weighted by Gasteiger charge is -2.07. The number of hydrogen-bond donors (Lipinski definition) is 1. The molecular weight excluding hydrogens is 230 g/mol. The molecular formula is C18H41N.